The van der Waals surface area contributed by atoms with Gasteiger partial charge in [-0.25, -0.2) is 4.79 Å². The van der Waals surface area contributed by atoms with Gasteiger partial charge >= 0.3 is 6.03 Å². The number of carbonyl (C=O) groups excluding carboxylic acids is 1. The van der Waals surface area contributed by atoms with Gasteiger partial charge in [0.1, 0.15) is 12.4 Å². The molecule has 0 aliphatic carbocycles. The third-order valence-corrected chi connectivity index (χ3v) is 4.64. The van der Waals surface area contributed by atoms with Gasteiger partial charge in [-0.05, 0) is 48.2 Å². The SMILES string of the molecule is CCC(Cc1ccccc1)NC(=O)NCc1ccc(OCc2ccccn2)cc1. The summed E-state index contributed by atoms with van der Waals surface area (Å²) >= 11 is 0. The zero-order valence-corrected chi connectivity index (χ0v) is 16.7. The van der Waals surface area contributed by atoms with Crippen LogP contribution in [0.5, 0.6) is 5.75 Å². The fourth-order valence-electron chi connectivity index (χ4n) is 2.96. The molecule has 0 aliphatic heterocycles. The molecule has 0 aliphatic rings. The van der Waals surface area contributed by atoms with Gasteiger partial charge < -0.3 is 15.4 Å². The number of carbonyl (C=O) groups is 1. The Morgan fingerprint density at radius 3 is 2.41 bits per heavy atom. The van der Waals surface area contributed by atoms with Gasteiger partial charge in [0.15, 0.2) is 0 Å². The summed E-state index contributed by atoms with van der Waals surface area (Å²) in [6.07, 6.45) is 3.46. The number of urea groups is 1. The fourth-order valence-corrected chi connectivity index (χ4v) is 2.96. The van der Waals surface area contributed by atoms with Crippen LogP contribution in [0.4, 0.5) is 4.79 Å². The van der Waals surface area contributed by atoms with Crippen molar-refractivity contribution in [2.45, 2.75) is 39.0 Å². The molecule has 5 heteroatoms. The Kier molecular flexibility index (Phi) is 7.63. The monoisotopic (exact) mass is 389 g/mol. The Morgan fingerprint density at radius 1 is 0.966 bits per heavy atom. The maximum absolute atomic E-state index is 12.2. The molecule has 150 valence electrons. The van der Waals surface area contributed by atoms with Gasteiger partial charge in [0.05, 0.1) is 5.69 Å². The van der Waals surface area contributed by atoms with E-state index in [0.29, 0.717) is 13.2 Å². The Bertz CT molecular complexity index is 868. The summed E-state index contributed by atoms with van der Waals surface area (Å²) in [4.78, 5) is 16.5. The number of ether oxygens (including phenoxy) is 1. The highest BCUT2D eigenvalue weighted by Crippen LogP contribution is 2.13. The van der Waals surface area contributed by atoms with Crippen molar-refractivity contribution >= 4 is 6.03 Å². The van der Waals surface area contributed by atoms with E-state index in [9.17, 15) is 4.79 Å². The number of hydrogen-bond acceptors (Lipinski definition) is 3. The highest BCUT2D eigenvalue weighted by molar-refractivity contribution is 5.74. The molecule has 2 amide bonds. The van der Waals surface area contributed by atoms with E-state index >= 15 is 0 Å². The number of aromatic nitrogens is 1. The summed E-state index contributed by atoms with van der Waals surface area (Å²) in [6, 6.07) is 23.6. The number of benzene rings is 2. The third-order valence-electron chi connectivity index (χ3n) is 4.64. The third kappa shape index (κ3) is 6.96. The molecule has 0 spiro atoms. The minimum absolute atomic E-state index is 0.111. The minimum Gasteiger partial charge on any atom is -0.487 e. The molecule has 2 aromatic carbocycles. The minimum atomic E-state index is -0.150. The molecule has 3 rings (SSSR count). The van der Waals surface area contributed by atoms with E-state index in [2.05, 4.69) is 34.7 Å². The van der Waals surface area contributed by atoms with Crippen molar-refractivity contribution in [2.24, 2.45) is 0 Å². The molecular formula is C24H27N3O2. The summed E-state index contributed by atoms with van der Waals surface area (Å²) in [6.45, 7) is 2.98. The Hall–Kier alpha value is -3.34. The summed E-state index contributed by atoms with van der Waals surface area (Å²) in [7, 11) is 0. The number of amides is 2. The van der Waals surface area contributed by atoms with Crippen molar-refractivity contribution < 1.29 is 9.53 Å². The van der Waals surface area contributed by atoms with Crippen molar-refractivity contribution in [1.29, 1.82) is 0 Å². The number of pyridine rings is 1. The smallest absolute Gasteiger partial charge is 0.315 e. The zero-order valence-electron chi connectivity index (χ0n) is 16.7. The maximum atomic E-state index is 12.2. The largest absolute Gasteiger partial charge is 0.487 e. The van der Waals surface area contributed by atoms with E-state index in [1.807, 2.05) is 60.7 Å². The van der Waals surface area contributed by atoms with Crippen LogP contribution in [0.2, 0.25) is 0 Å². The molecule has 0 saturated carbocycles. The van der Waals surface area contributed by atoms with E-state index in [4.69, 9.17) is 4.74 Å². The lowest BCUT2D eigenvalue weighted by molar-refractivity contribution is 0.236. The van der Waals surface area contributed by atoms with E-state index in [-0.39, 0.29) is 12.1 Å². The molecule has 1 aromatic heterocycles. The second-order valence-corrected chi connectivity index (χ2v) is 6.88. The van der Waals surface area contributed by atoms with Gasteiger partial charge in [-0.1, -0.05) is 55.5 Å². The maximum Gasteiger partial charge on any atom is 0.315 e. The van der Waals surface area contributed by atoms with Gasteiger partial charge in [0.25, 0.3) is 0 Å². The molecule has 1 heterocycles. The lowest BCUT2D eigenvalue weighted by Gasteiger charge is -2.17. The van der Waals surface area contributed by atoms with Crippen LogP contribution in [0, 0.1) is 0 Å². The zero-order chi connectivity index (χ0) is 20.3. The standard InChI is InChI=1S/C24H27N3O2/c1-2-21(16-19-8-4-3-5-9-19)27-24(28)26-17-20-11-13-23(14-12-20)29-18-22-10-6-7-15-25-22/h3-15,21H,2,16-18H2,1H3,(H2,26,27,28). The van der Waals surface area contributed by atoms with Crippen molar-refractivity contribution in [3.8, 4) is 5.75 Å². The molecule has 0 saturated heterocycles. The van der Waals surface area contributed by atoms with Crippen LogP contribution in [0.15, 0.2) is 79.0 Å². The average Bonchev–Trinajstić information content (AvgIpc) is 2.78. The molecule has 5 nitrogen and oxygen atoms in total. The summed E-state index contributed by atoms with van der Waals surface area (Å²) in [5.74, 6) is 0.776. The average molecular weight is 389 g/mol. The number of hydrogen-bond donors (Lipinski definition) is 2. The van der Waals surface area contributed by atoms with Gasteiger partial charge in [-0.3, -0.25) is 4.98 Å². The highest BCUT2D eigenvalue weighted by atomic mass is 16.5. The van der Waals surface area contributed by atoms with Crippen LogP contribution >= 0.6 is 0 Å². The molecule has 0 radical (unpaired) electrons. The van der Waals surface area contributed by atoms with Gasteiger partial charge in [-0.2, -0.15) is 0 Å². The number of nitrogens with zero attached hydrogens (tertiary/aromatic N) is 1. The van der Waals surface area contributed by atoms with Gasteiger partial charge in [0, 0.05) is 18.8 Å². The van der Waals surface area contributed by atoms with E-state index in [1.165, 1.54) is 5.56 Å². The fraction of sp³-hybridized carbons (Fsp3) is 0.250. The second-order valence-electron chi connectivity index (χ2n) is 6.88. The van der Waals surface area contributed by atoms with E-state index < -0.39 is 0 Å². The van der Waals surface area contributed by atoms with Crippen molar-refractivity contribution in [1.82, 2.24) is 15.6 Å². The van der Waals surface area contributed by atoms with Crippen LogP contribution in [0.3, 0.4) is 0 Å². The van der Waals surface area contributed by atoms with Crippen LogP contribution in [0.1, 0.15) is 30.2 Å². The van der Waals surface area contributed by atoms with Gasteiger partial charge in [0.2, 0.25) is 0 Å². The van der Waals surface area contributed by atoms with Crippen molar-refractivity contribution in [3.63, 3.8) is 0 Å². The molecule has 0 fully saturated rings. The van der Waals surface area contributed by atoms with Crippen LogP contribution < -0.4 is 15.4 Å². The summed E-state index contributed by atoms with van der Waals surface area (Å²) < 4.78 is 5.73. The first-order valence-corrected chi connectivity index (χ1v) is 9.93. The first-order chi connectivity index (χ1) is 14.2. The first kappa shape index (κ1) is 20.4. The van der Waals surface area contributed by atoms with Crippen molar-refractivity contribution in [2.75, 3.05) is 0 Å². The van der Waals surface area contributed by atoms with E-state index in [1.54, 1.807) is 6.20 Å². The normalized spacial score (nSPS) is 11.5. The van der Waals surface area contributed by atoms with Crippen LogP contribution in [0.25, 0.3) is 0 Å². The van der Waals surface area contributed by atoms with Crippen LogP contribution in [-0.2, 0) is 19.6 Å². The molecular weight excluding hydrogens is 362 g/mol. The van der Waals surface area contributed by atoms with Gasteiger partial charge in [-0.15, -0.1) is 0 Å². The lowest BCUT2D eigenvalue weighted by atomic mass is 10.0. The van der Waals surface area contributed by atoms with Crippen LogP contribution in [-0.4, -0.2) is 17.1 Å². The molecule has 0 bridgehead atoms. The highest BCUT2D eigenvalue weighted by Gasteiger charge is 2.11. The lowest BCUT2D eigenvalue weighted by Crippen LogP contribution is -2.42. The predicted molar refractivity (Wildman–Crippen MR) is 115 cm³/mol. The number of rotatable bonds is 9. The van der Waals surface area contributed by atoms with E-state index in [0.717, 1.165) is 29.8 Å². The molecule has 1 unspecified atom stereocenters. The Balaban J connectivity index is 1.42. The molecule has 2 N–H and O–H groups in total. The topological polar surface area (TPSA) is 63.2 Å². The summed E-state index contributed by atoms with van der Waals surface area (Å²) in [5.41, 5.74) is 3.12. The Morgan fingerprint density at radius 2 is 1.72 bits per heavy atom. The summed E-state index contributed by atoms with van der Waals surface area (Å²) in [5, 5.41) is 5.98. The Labute approximate surface area is 172 Å². The number of nitrogens with one attached hydrogen (secondary N) is 2. The quantitative estimate of drug-likeness (QED) is 0.567. The van der Waals surface area contributed by atoms with Crippen molar-refractivity contribution in [3.05, 3.63) is 95.8 Å². The first-order valence-electron chi connectivity index (χ1n) is 9.93. The molecule has 1 atom stereocenters. The molecule has 3 aromatic rings. The second kappa shape index (κ2) is 10.9. The predicted octanol–water partition coefficient (Wildman–Crippen LogP) is 4.48. The molecule has 29 heavy (non-hydrogen) atoms.